The molecule has 1 aliphatic carbocycles. The number of carbonyl (C=O) groups is 1. The van der Waals surface area contributed by atoms with Gasteiger partial charge in [0.15, 0.2) is 5.82 Å². The third-order valence-corrected chi connectivity index (χ3v) is 4.29. The van der Waals surface area contributed by atoms with Crippen LogP contribution in [0.4, 0.5) is 10.5 Å². The maximum Gasteiger partial charge on any atom is 0.319 e. The Hall–Kier alpha value is -2.94. The topological polar surface area (TPSA) is 111 Å². The summed E-state index contributed by atoms with van der Waals surface area (Å²) in [6.45, 7) is 1.78. The van der Waals surface area contributed by atoms with Crippen molar-refractivity contribution in [2.24, 2.45) is 0 Å². The van der Waals surface area contributed by atoms with Gasteiger partial charge < -0.3 is 15.2 Å². The molecule has 1 aliphatic rings. The number of hydrogen-bond donors (Lipinski definition) is 2. The molecule has 0 aliphatic heterocycles. The Balaban J connectivity index is 1.38. The number of amides is 2. The number of aromatic nitrogens is 5. The predicted molar refractivity (Wildman–Crippen MR) is 93.2 cm³/mol. The Labute approximate surface area is 153 Å². The molecule has 0 spiro atoms. The van der Waals surface area contributed by atoms with Crippen molar-refractivity contribution >= 4 is 23.3 Å². The van der Waals surface area contributed by atoms with E-state index in [9.17, 15) is 4.79 Å². The number of benzene rings is 1. The first kappa shape index (κ1) is 16.5. The summed E-state index contributed by atoms with van der Waals surface area (Å²) in [7, 11) is 0. The number of rotatable bonds is 5. The average Bonchev–Trinajstić information content (AvgIpc) is 3.11. The first-order valence-corrected chi connectivity index (χ1v) is 8.53. The lowest BCUT2D eigenvalue weighted by Gasteiger charge is -2.12. The van der Waals surface area contributed by atoms with E-state index >= 15 is 0 Å². The fourth-order valence-corrected chi connectivity index (χ4v) is 2.73. The molecule has 26 heavy (non-hydrogen) atoms. The molecule has 4 rings (SSSR count). The molecule has 0 saturated heterocycles. The summed E-state index contributed by atoms with van der Waals surface area (Å²) in [4.78, 5) is 20.4. The molecular weight excluding hydrogens is 358 g/mol. The second-order valence-corrected chi connectivity index (χ2v) is 6.50. The Bertz CT molecular complexity index is 921. The van der Waals surface area contributed by atoms with Crippen LogP contribution in [0.3, 0.4) is 0 Å². The van der Waals surface area contributed by atoms with Gasteiger partial charge in [-0.1, -0.05) is 16.8 Å². The zero-order chi connectivity index (χ0) is 18.1. The largest absolute Gasteiger partial charge is 0.337 e. The second-order valence-electron chi connectivity index (χ2n) is 6.09. The van der Waals surface area contributed by atoms with Crippen LogP contribution in [0.25, 0.3) is 5.69 Å². The number of halogens is 1. The Morgan fingerprint density at radius 3 is 2.96 bits per heavy atom. The average molecular weight is 374 g/mol. The van der Waals surface area contributed by atoms with Crippen LogP contribution in [0, 0.1) is 0 Å². The van der Waals surface area contributed by atoms with Crippen molar-refractivity contribution in [1.82, 2.24) is 30.2 Å². The van der Waals surface area contributed by atoms with Crippen molar-refractivity contribution in [1.29, 1.82) is 0 Å². The van der Waals surface area contributed by atoms with Crippen molar-refractivity contribution in [2.45, 2.75) is 31.7 Å². The van der Waals surface area contributed by atoms with E-state index in [1.165, 1.54) is 6.33 Å². The van der Waals surface area contributed by atoms with E-state index in [2.05, 4.69) is 30.9 Å². The van der Waals surface area contributed by atoms with Gasteiger partial charge in [-0.2, -0.15) is 10.1 Å². The van der Waals surface area contributed by atoms with Crippen LogP contribution < -0.4 is 10.6 Å². The van der Waals surface area contributed by atoms with Gasteiger partial charge in [0, 0.05) is 11.6 Å². The normalized spacial score (nSPS) is 14.8. The smallest absolute Gasteiger partial charge is 0.319 e. The molecule has 0 bridgehead atoms. The third-order valence-electron chi connectivity index (χ3n) is 3.99. The van der Waals surface area contributed by atoms with Gasteiger partial charge in [-0.15, -0.1) is 0 Å². The summed E-state index contributed by atoms with van der Waals surface area (Å²) in [5.41, 5.74) is 1.22. The van der Waals surface area contributed by atoms with E-state index < -0.39 is 12.1 Å². The number of anilines is 1. The number of carbonyl (C=O) groups excluding carboxylic acids is 1. The lowest BCUT2D eigenvalue weighted by molar-refractivity contribution is 0.245. The molecular formula is C16H16ClN7O2. The highest BCUT2D eigenvalue weighted by Gasteiger charge is 2.29. The number of hydrogen-bond acceptors (Lipinski definition) is 6. The summed E-state index contributed by atoms with van der Waals surface area (Å²) < 4.78 is 6.76. The molecule has 1 aromatic carbocycles. The van der Waals surface area contributed by atoms with Gasteiger partial charge in [0.1, 0.15) is 18.7 Å². The zero-order valence-corrected chi connectivity index (χ0v) is 14.6. The van der Waals surface area contributed by atoms with E-state index in [-0.39, 0.29) is 0 Å². The second kappa shape index (κ2) is 6.75. The molecule has 2 N–H and O–H groups in total. The van der Waals surface area contributed by atoms with Crippen molar-refractivity contribution in [3.05, 3.63) is 47.6 Å². The van der Waals surface area contributed by atoms with E-state index in [0.717, 1.165) is 12.8 Å². The van der Waals surface area contributed by atoms with Crippen LogP contribution in [0.15, 0.2) is 35.4 Å². The highest BCUT2D eigenvalue weighted by Crippen LogP contribution is 2.38. The maximum atomic E-state index is 12.2. The van der Waals surface area contributed by atoms with Crippen molar-refractivity contribution < 1.29 is 9.32 Å². The monoisotopic (exact) mass is 373 g/mol. The summed E-state index contributed by atoms with van der Waals surface area (Å²) in [5, 5.41) is 13.9. The van der Waals surface area contributed by atoms with Crippen molar-refractivity contribution in [2.75, 3.05) is 5.32 Å². The van der Waals surface area contributed by atoms with Gasteiger partial charge in [-0.25, -0.2) is 14.5 Å². The highest BCUT2D eigenvalue weighted by atomic mass is 35.5. The molecule has 1 fully saturated rings. The van der Waals surface area contributed by atoms with Gasteiger partial charge in [0.05, 0.1) is 10.7 Å². The number of urea groups is 1. The number of nitrogens with one attached hydrogen (secondary N) is 2. The molecule has 0 radical (unpaired) electrons. The summed E-state index contributed by atoms with van der Waals surface area (Å²) >= 11 is 6.25. The van der Waals surface area contributed by atoms with Crippen LogP contribution in [0.2, 0.25) is 5.02 Å². The molecule has 2 aromatic heterocycles. The van der Waals surface area contributed by atoms with Crippen molar-refractivity contribution in [3.8, 4) is 5.69 Å². The van der Waals surface area contributed by atoms with Crippen LogP contribution in [-0.4, -0.2) is 30.9 Å². The lowest BCUT2D eigenvalue weighted by atomic mass is 10.3. The molecule has 2 amide bonds. The van der Waals surface area contributed by atoms with Gasteiger partial charge in [0.2, 0.25) is 5.89 Å². The third kappa shape index (κ3) is 3.52. The predicted octanol–water partition coefficient (Wildman–Crippen LogP) is 3.06. The van der Waals surface area contributed by atoms with Gasteiger partial charge in [0.25, 0.3) is 0 Å². The SMILES string of the molecule is C[C@H](NC(=O)Nc1ccc(-n2cncn2)c(Cl)c1)c1nc(C2CC2)no1. The molecule has 10 heteroatoms. The minimum atomic E-state index is -0.403. The van der Waals surface area contributed by atoms with Gasteiger partial charge in [-0.05, 0) is 38.0 Å². The number of nitrogens with zero attached hydrogens (tertiary/aromatic N) is 5. The summed E-state index contributed by atoms with van der Waals surface area (Å²) in [6, 6.07) is 4.31. The van der Waals surface area contributed by atoms with Crippen LogP contribution in [-0.2, 0) is 0 Å². The van der Waals surface area contributed by atoms with Crippen molar-refractivity contribution in [3.63, 3.8) is 0 Å². The van der Waals surface area contributed by atoms with E-state index in [1.807, 2.05) is 0 Å². The van der Waals surface area contributed by atoms with Gasteiger partial charge >= 0.3 is 6.03 Å². The molecule has 9 nitrogen and oxygen atoms in total. The highest BCUT2D eigenvalue weighted by molar-refractivity contribution is 6.32. The standard InChI is InChI=1S/C16H16ClN7O2/c1-9(15-22-14(23-26-15)10-2-3-10)20-16(25)21-11-4-5-13(12(17)6-11)24-8-18-7-19-24/h4-10H,2-3H2,1H3,(H2,20,21,25)/t9-/m0/s1. The fraction of sp³-hybridized carbons (Fsp3) is 0.312. The lowest BCUT2D eigenvalue weighted by Crippen LogP contribution is -2.31. The van der Waals surface area contributed by atoms with Crippen LogP contribution >= 0.6 is 11.6 Å². The minimum absolute atomic E-state index is 0.390. The molecule has 1 saturated carbocycles. The molecule has 1 atom stereocenters. The maximum absolute atomic E-state index is 12.2. The summed E-state index contributed by atoms with van der Waals surface area (Å²) in [6.07, 6.45) is 5.14. The molecule has 0 unspecified atom stereocenters. The van der Waals surface area contributed by atoms with E-state index in [1.54, 1.807) is 36.1 Å². The molecule has 2 heterocycles. The Morgan fingerprint density at radius 2 is 2.27 bits per heavy atom. The van der Waals surface area contributed by atoms with E-state index in [4.69, 9.17) is 16.1 Å². The van der Waals surface area contributed by atoms with Gasteiger partial charge in [-0.3, -0.25) is 0 Å². The minimum Gasteiger partial charge on any atom is -0.337 e. The van der Waals surface area contributed by atoms with Crippen LogP contribution in [0.5, 0.6) is 0 Å². The Kier molecular flexibility index (Phi) is 4.29. The zero-order valence-electron chi connectivity index (χ0n) is 13.9. The molecule has 134 valence electrons. The first-order valence-electron chi connectivity index (χ1n) is 8.15. The fourth-order valence-electron chi connectivity index (χ4n) is 2.46. The first-order chi connectivity index (χ1) is 12.6. The molecule has 3 aromatic rings. The summed E-state index contributed by atoms with van der Waals surface area (Å²) in [5.74, 6) is 1.50. The Morgan fingerprint density at radius 1 is 1.42 bits per heavy atom. The quantitative estimate of drug-likeness (QED) is 0.711. The van der Waals surface area contributed by atoms with Crippen LogP contribution in [0.1, 0.15) is 43.4 Å². The van der Waals surface area contributed by atoms with E-state index in [0.29, 0.717) is 34.0 Å².